The Kier molecular flexibility index (Phi) is 4.61. The summed E-state index contributed by atoms with van der Waals surface area (Å²) in [5.74, 6) is -4.38. The number of unbranched alkanes of at least 4 members (excludes halogenated alkanes) is 1. The Morgan fingerprint density at radius 3 is 2.50 bits per heavy atom. The zero-order chi connectivity index (χ0) is 12.1. The van der Waals surface area contributed by atoms with Gasteiger partial charge in [0.25, 0.3) is 0 Å². The fourth-order valence-electron chi connectivity index (χ4n) is 1.19. The third kappa shape index (κ3) is 2.66. The standard InChI is InChI=1S/C11H13F3O2/c1-2-3-4-16-11-8(12)5-7(6-15)9(13)10(11)14/h5,15H,2-4,6H2,1H3. The van der Waals surface area contributed by atoms with E-state index in [1.807, 2.05) is 6.92 Å². The van der Waals surface area contributed by atoms with Crippen molar-refractivity contribution >= 4 is 0 Å². The SMILES string of the molecule is CCCCOc1c(F)cc(CO)c(F)c1F. The average Bonchev–Trinajstić information content (AvgIpc) is 2.28. The lowest BCUT2D eigenvalue weighted by molar-refractivity contribution is 0.257. The monoisotopic (exact) mass is 234 g/mol. The van der Waals surface area contributed by atoms with E-state index in [0.717, 1.165) is 12.5 Å². The number of hydrogen-bond acceptors (Lipinski definition) is 2. The van der Waals surface area contributed by atoms with Crippen molar-refractivity contribution < 1.29 is 23.0 Å². The van der Waals surface area contributed by atoms with Gasteiger partial charge in [0.05, 0.1) is 13.2 Å². The second kappa shape index (κ2) is 5.75. The highest BCUT2D eigenvalue weighted by atomic mass is 19.2. The summed E-state index contributed by atoms with van der Waals surface area (Å²) in [6, 6.07) is 0.736. The summed E-state index contributed by atoms with van der Waals surface area (Å²) < 4.78 is 44.5. The fraction of sp³-hybridized carbons (Fsp3) is 0.455. The summed E-state index contributed by atoms with van der Waals surface area (Å²) in [4.78, 5) is 0. The number of rotatable bonds is 5. The number of benzene rings is 1. The molecule has 0 unspecified atom stereocenters. The molecule has 0 radical (unpaired) electrons. The lowest BCUT2D eigenvalue weighted by Gasteiger charge is -2.10. The molecule has 1 N–H and O–H groups in total. The Morgan fingerprint density at radius 1 is 1.25 bits per heavy atom. The fourth-order valence-corrected chi connectivity index (χ4v) is 1.19. The van der Waals surface area contributed by atoms with Crippen molar-refractivity contribution in [3.8, 4) is 5.75 Å². The van der Waals surface area contributed by atoms with Crippen molar-refractivity contribution in [3.63, 3.8) is 0 Å². The van der Waals surface area contributed by atoms with Crippen molar-refractivity contribution in [2.24, 2.45) is 0 Å². The summed E-state index contributed by atoms with van der Waals surface area (Å²) in [6.45, 7) is 1.27. The molecule has 0 amide bonds. The van der Waals surface area contributed by atoms with E-state index in [9.17, 15) is 13.2 Å². The number of hydrogen-bond donors (Lipinski definition) is 1. The molecule has 0 atom stereocenters. The summed E-state index contributed by atoms with van der Waals surface area (Å²) >= 11 is 0. The zero-order valence-corrected chi connectivity index (χ0v) is 8.90. The molecule has 0 aliphatic rings. The maximum Gasteiger partial charge on any atom is 0.204 e. The van der Waals surface area contributed by atoms with Gasteiger partial charge in [-0.05, 0) is 12.5 Å². The molecule has 0 saturated heterocycles. The molecule has 0 aromatic heterocycles. The van der Waals surface area contributed by atoms with Gasteiger partial charge in [0.1, 0.15) is 0 Å². The second-order valence-corrected chi connectivity index (χ2v) is 3.33. The van der Waals surface area contributed by atoms with E-state index < -0.39 is 35.4 Å². The minimum atomic E-state index is -1.39. The molecule has 0 aliphatic heterocycles. The van der Waals surface area contributed by atoms with Crippen LogP contribution in [0.15, 0.2) is 6.07 Å². The molecule has 1 aromatic rings. The maximum atomic E-state index is 13.3. The average molecular weight is 234 g/mol. The first-order valence-electron chi connectivity index (χ1n) is 5.01. The zero-order valence-electron chi connectivity index (χ0n) is 8.90. The molecule has 0 heterocycles. The van der Waals surface area contributed by atoms with Crippen molar-refractivity contribution in [2.75, 3.05) is 6.61 Å². The quantitative estimate of drug-likeness (QED) is 0.627. The first-order valence-corrected chi connectivity index (χ1v) is 5.01. The van der Waals surface area contributed by atoms with Gasteiger partial charge in [-0.1, -0.05) is 13.3 Å². The molecule has 1 rings (SSSR count). The van der Waals surface area contributed by atoms with Crippen LogP contribution in [-0.2, 0) is 6.61 Å². The first-order chi connectivity index (χ1) is 7.61. The van der Waals surface area contributed by atoms with Crippen LogP contribution in [0.2, 0.25) is 0 Å². The van der Waals surface area contributed by atoms with Crippen LogP contribution in [0.25, 0.3) is 0 Å². The number of aliphatic hydroxyl groups is 1. The first kappa shape index (κ1) is 12.8. The Hall–Kier alpha value is -1.23. The Labute approximate surface area is 91.7 Å². The van der Waals surface area contributed by atoms with E-state index in [0.29, 0.717) is 6.42 Å². The largest absolute Gasteiger partial charge is 0.488 e. The van der Waals surface area contributed by atoms with Gasteiger partial charge in [-0.3, -0.25) is 0 Å². The van der Waals surface area contributed by atoms with Gasteiger partial charge >= 0.3 is 0 Å². The van der Waals surface area contributed by atoms with Crippen LogP contribution in [0.4, 0.5) is 13.2 Å². The van der Waals surface area contributed by atoms with Gasteiger partial charge in [0.15, 0.2) is 17.4 Å². The molecule has 5 heteroatoms. The normalized spacial score (nSPS) is 10.6. The Bertz CT molecular complexity index is 367. The minimum absolute atomic E-state index is 0.127. The Balaban J connectivity index is 2.96. The van der Waals surface area contributed by atoms with Gasteiger partial charge in [-0.2, -0.15) is 4.39 Å². The summed E-state index contributed by atoms with van der Waals surface area (Å²) in [6.07, 6.45) is 1.43. The van der Waals surface area contributed by atoms with Gasteiger partial charge < -0.3 is 9.84 Å². The van der Waals surface area contributed by atoms with Gasteiger partial charge in [0, 0.05) is 5.56 Å². The van der Waals surface area contributed by atoms with Gasteiger partial charge in [0.2, 0.25) is 5.82 Å². The topological polar surface area (TPSA) is 29.5 Å². The number of aliphatic hydroxyl groups excluding tert-OH is 1. The third-order valence-electron chi connectivity index (χ3n) is 2.11. The molecule has 0 spiro atoms. The van der Waals surface area contributed by atoms with Crippen LogP contribution in [0, 0.1) is 17.5 Å². The Morgan fingerprint density at radius 2 is 1.94 bits per heavy atom. The van der Waals surface area contributed by atoms with E-state index in [2.05, 4.69) is 0 Å². The van der Waals surface area contributed by atoms with Crippen LogP contribution >= 0.6 is 0 Å². The number of halogens is 3. The highest BCUT2D eigenvalue weighted by Crippen LogP contribution is 2.26. The molecular weight excluding hydrogens is 221 g/mol. The lowest BCUT2D eigenvalue weighted by Crippen LogP contribution is -2.05. The molecule has 90 valence electrons. The van der Waals surface area contributed by atoms with E-state index in [1.165, 1.54) is 0 Å². The van der Waals surface area contributed by atoms with Crippen LogP contribution in [-0.4, -0.2) is 11.7 Å². The van der Waals surface area contributed by atoms with E-state index in [4.69, 9.17) is 9.84 Å². The summed E-state index contributed by atoms with van der Waals surface area (Å²) in [5.41, 5.74) is -0.419. The number of ether oxygens (including phenoxy) is 1. The highest BCUT2D eigenvalue weighted by molar-refractivity contribution is 5.32. The predicted molar refractivity (Wildman–Crippen MR) is 52.6 cm³/mol. The molecule has 0 saturated carbocycles. The van der Waals surface area contributed by atoms with Crippen LogP contribution in [0.5, 0.6) is 5.75 Å². The van der Waals surface area contributed by atoms with Crippen LogP contribution in [0.3, 0.4) is 0 Å². The molecule has 1 aromatic carbocycles. The maximum absolute atomic E-state index is 13.3. The van der Waals surface area contributed by atoms with Crippen molar-refractivity contribution in [1.29, 1.82) is 0 Å². The van der Waals surface area contributed by atoms with Crippen LogP contribution in [0.1, 0.15) is 25.3 Å². The molecular formula is C11H13F3O2. The third-order valence-corrected chi connectivity index (χ3v) is 2.11. The lowest BCUT2D eigenvalue weighted by atomic mass is 10.2. The van der Waals surface area contributed by atoms with Gasteiger partial charge in [-0.15, -0.1) is 0 Å². The second-order valence-electron chi connectivity index (χ2n) is 3.33. The van der Waals surface area contributed by atoms with E-state index in [1.54, 1.807) is 0 Å². The molecule has 0 bridgehead atoms. The molecule has 0 aliphatic carbocycles. The summed E-state index contributed by atoms with van der Waals surface area (Å²) in [7, 11) is 0. The van der Waals surface area contributed by atoms with Crippen LogP contribution < -0.4 is 4.74 Å². The highest BCUT2D eigenvalue weighted by Gasteiger charge is 2.19. The van der Waals surface area contributed by atoms with Crippen molar-refractivity contribution in [2.45, 2.75) is 26.4 Å². The minimum Gasteiger partial charge on any atom is -0.488 e. The smallest absolute Gasteiger partial charge is 0.204 e. The molecule has 0 fully saturated rings. The van der Waals surface area contributed by atoms with Gasteiger partial charge in [-0.25, -0.2) is 8.78 Å². The van der Waals surface area contributed by atoms with Crippen molar-refractivity contribution in [3.05, 3.63) is 29.1 Å². The van der Waals surface area contributed by atoms with Crippen molar-refractivity contribution in [1.82, 2.24) is 0 Å². The predicted octanol–water partition coefficient (Wildman–Crippen LogP) is 2.78. The van der Waals surface area contributed by atoms with E-state index >= 15 is 0 Å². The summed E-state index contributed by atoms with van der Waals surface area (Å²) in [5, 5.41) is 8.66. The van der Waals surface area contributed by atoms with E-state index in [-0.39, 0.29) is 6.61 Å². The molecule has 2 nitrogen and oxygen atoms in total. The molecule has 16 heavy (non-hydrogen) atoms.